The summed E-state index contributed by atoms with van der Waals surface area (Å²) in [4.78, 5) is 14.1. The number of carbonyl (C=O) groups excluding carboxylic acids is 1. The van der Waals surface area contributed by atoms with Crippen molar-refractivity contribution < 1.29 is 14.6 Å². The predicted octanol–water partition coefficient (Wildman–Crippen LogP) is 1.76. The van der Waals surface area contributed by atoms with E-state index in [0.717, 1.165) is 31.5 Å². The molecule has 2 atom stereocenters. The minimum absolute atomic E-state index is 0.206. The number of hydrogen-bond donors (Lipinski definition) is 2. The van der Waals surface area contributed by atoms with Crippen LogP contribution >= 0.6 is 0 Å². The number of aliphatic hydroxyl groups is 1. The molecule has 2 N–H and O–H groups in total. The van der Waals surface area contributed by atoms with E-state index >= 15 is 0 Å². The molecule has 2 fully saturated rings. The van der Waals surface area contributed by atoms with Crippen LogP contribution in [0.25, 0.3) is 0 Å². The summed E-state index contributed by atoms with van der Waals surface area (Å²) in [6, 6.07) is 9.70. The number of carbonyl (C=O) groups is 1. The number of likely N-dealkylation sites (tertiary alicyclic amines) is 1. The van der Waals surface area contributed by atoms with E-state index in [1.165, 1.54) is 0 Å². The molecule has 1 aromatic rings. The number of ether oxygens (including phenoxy) is 1. The Morgan fingerprint density at radius 1 is 1.41 bits per heavy atom. The maximum atomic E-state index is 12.3. The highest BCUT2D eigenvalue weighted by Crippen LogP contribution is 2.36. The number of nitrogens with one attached hydrogen (secondary N) is 1. The number of benzene rings is 1. The smallest absolute Gasteiger partial charge is 0.410 e. The second-order valence-corrected chi connectivity index (χ2v) is 6.41. The molecule has 0 saturated carbocycles. The van der Waals surface area contributed by atoms with E-state index in [-0.39, 0.29) is 17.6 Å². The van der Waals surface area contributed by atoms with E-state index in [0.29, 0.717) is 26.1 Å². The Hall–Kier alpha value is -1.59. The van der Waals surface area contributed by atoms with Gasteiger partial charge in [-0.3, -0.25) is 0 Å². The van der Waals surface area contributed by atoms with Gasteiger partial charge in [0.1, 0.15) is 6.61 Å². The van der Waals surface area contributed by atoms with Crippen molar-refractivity contribution in [3.05, 3.63) is 35.9 Å². The van der Waals surface area contributed by atoms with Gasteiger partial charge in [0, 0.05) is 25.0 Å². The van der Waals surface area contributed by atoms with E-state index in [1.807, 2.05) is 30.3 Å². The lowest BCUT2D eigenvalue weighted by atomic mass is 9.72. The lowest BCUT2D eigenvalue weighted by Gasteiger charge is -2.48. The summed E-state index contributed by atoms with van der Waals surface area (Å²) in [5.74, 6) is 0. The van der Waals surface area contributed by atoms with E-state index in [1.54, 1.807) is 4.90 Å². The van der Waals surface area contributed by atoms with Gasteiger partial charge in [-0.2, -0.15) is 0 Å². The molecule has 0 aliphatic carbocycles. The van der Waals surface area contributed by atoms with Crippen LogP contribution in [-0.2, 0) is 11.3 Å². The Balaban J connectivity index is 1.58. The predicted molar refractivity (Wildman–Crippen MR) is 83.4 cm³/mol. The molecule has 2 unspecified atom stereocenters. The molecule has 2 heterocycles. The van der Waals surface area contributed by atoms with Crippen molar-refractivity contribution in [2.45, 2.75) is 32.0 Å². The molecule has 1 amide bonds. The van der Waals surface area contributed by atoms with E-state index in [9.17, 15) is 9.90 Å². The third kappa shape index (κ3) is 3.25. The van der Waals surface area contributed by atoms with Gasteiger partial charge in [0.05, 0.1) is 6.10 Å². The Labute approximate surface area is 131 Å². The van der Waals surface area contributed by atoms with Gasteiger partial charge in [0.25, 0.3) is 0 Å². The van der Waals surface area contributed by atoms with Crippen molar-refractivity contribution in [1.82, 2.24) is 10.2 Å². The van der Waals surface area contributed by atoms with Crippen LogP contribution in [0, 0.1) is 5.41 Å². The molecule has 2 saturated heterocycles. The van der Waals surface area contributed by atoms with Crippen molar-refractivity contribution in [3.63, 3.8) is 0 Å². The fourth-order valence-electron chi connectivity index (χ4n) is 3.53. The summed E-state index contributed by atoms with van der Waals surface area (Å²) >= 11 is 0. The summed E-state index contributed by atoms with van der Waals surface area (Å²) in [5.41, 5.74) is 0.782. The van der Waals surface area contributed by atoms with Crippen molar-refractivity contribution in [2.24, 2.45) is 5.41 Å². The topological polar surface area (TPSA) is 61.8 Å². The van der Waals surface area contributed by atoms with Crippen LogP contribution in [0.5, 0.6) is 0 Å². The quantitative estimate of drug-likeness (QED) is 0.874. The number of aliphatic hydroxyl groups excluding tert-OH is 1. The summed E-state index contributed by atoms with van der Waals surface area (Å²) in [7, 11) is 0. The maximum Gasteiger partial charge on any atom is 0.410 e. The lowest BCUT2D eigenvalue weighted by Crippen LogP contribution is -2.59. The first-order chi connectivity index (χ1) is 10.7. The van der Waals surface area contributed by atoms with Crippen LogP contribution in [0.3, 0.4) is 0 Å². The van der Waals surface area contributed by atoms with Gasteiger partial charge in [-0.1, -0.05) is 30.3 Å². The molecule has 1 aromatic carbocycles. The first kappa shape index (κ1) is 15.3. The Bertz CT molecular complexity index is 500. The molecule has 0 bridgehead atoms. The average molecular weight is 304 g/mol. The standard InChI is InChI=1S/C17H24N2O3/c20-15-7-10-19(13-17(15)8-4-9-18-12-17)16(21)22-11-14-5-2-1-3-6-14/h1-3,5-6,15,18,20H,4,7-13H2. The van der Waals surface area contributed by atoms with Crippen LogP contribution in [0.1, 0.15) is 24.8 Å². The molecule has 1 spiro atoms. The number of rotatable bonds is 2. The van der Waals surface area contributed by atoms with Gasteiger partial charge < -0.3 is 20.1 Å². The summed E-state index contributed by atoms with van der Waals surface area (Å²) in [6.45, 7) is 3.21. The average Bonchev–Trinajstić information content (AvgIpc) is 2.57. The highest BCUT2D eigenvalue weighted by Gasteiger charge is 2.44. The fourth-order valence-corrected chi connectivity index (χ4v) is 3.53. The maximum absolute atomic E-state index is 12.3. The van der Waals surface area contributed by atoms with Crippen LogP contribution in [0.2, 0.25) is 0 Å². The first-order valence-corrected chi connectivity index (χ1v) is 8.04. The molecular formula is C17H24N2O3. The van der Waals surface area contributed by atoms with Crippen LogP contribution < -0.4 is 5.32 Å². The molecular weight excluding hydrogens is 280 g/mol. The van der Waals surface area contributed by atoms with Gasteiger partial charge >= 0.3 is 6.09 Å². The highest BCUT2D eigenvalue weighted by atomic mass is 16.6. The molecule has 0 radical (unpaired) electrons. The van der Waals surface area contributed by atoms with Crippen LogP contribution in [-0.4, -0.2) is 48.4 Å². The zero-order chi connectivity index (χ0) is 15.4. The van der Waals surface area contributed by atoms with Gasteiger partial charge in [0.15, 0.2) is 0 Å². The number of hydrogen-bond acceptors (Lipinski definition) is 4. The molecule has 5 heteroatoms. The number of nitrogens with zero attached hydrogens (tertiary/aromatic N) is 1. The zero-order valence-electron chi connectivity index (χ0n) is 12.8. The summed E-state index contributed by atoms with van der Waals surface area (Å²) in [5, 5.41) is 13.7. The van der Waals surface area contributed by atoms with Crippen molar-refractivity contribution >= 4 is 6.09 Å². The molecule has 120 valence electrons. The van der Waals surface area contributed by atoms with Crippen molar-refractivity contribution in [3.8, 4) is 0 Å². The van der Waals surface area contributed by atoms with Gasteiger partial charge in [-0.15, -0.1) is 0 Å². The van der Waals surface area contributed by atoms with Gasteiger partial charge in [-0.05, 0) is 31.4 Å². The number of piperidine rings is 2. The van der Waals surface area contributed by atoms with Crippen molar-refractivity contribution in [2.75, 3.05) is 26.2 Å². The SMILES string of the molecule is O=C(OCc1ccccc1)N1CCC(O)C2(CCCNC2)C1. The van der Waals surface area contributed by atoms with E-state index in [2.05, 4.69) is 5.32 Å². The Kier molecular flexibility index (Phi) is 4.64. The fraction of sp³-hybridized carbons (Fsp3) is 0.588. The number of amides is 1. The monoisotopic (exact) mass is 304 g/mol. The lowest BCUT2D eigenvalue weighted by molar-refractivity contribution is -0.0558. The largest absolute Gasteiger partial charge is 0.445 e. The van der Waals surface area contributed by atoms with E-state index < -0.39 is 0 Å². The van der Waals surface area contributed by atoms with Crippen LogP contribution in [0.15, 0.2) is 30.3 Å². The normalized spacial score (nSPS) is 28.6. The highest BCUT2D eigenvalue weighted by molar-refractivity contribution is 5.68. The molecule has 2 aliphatic rings. The minimum Gasteiger partial charge on any atom is -0.445 e. The summed E-state index contributed by atoms with van der Waals surface area (Å²) in [6.07, 6.45) is 2.02. The third-order valence-corrected chi connectivity index (χ3v) is 4.85. The van der Waals surface area contributed by atoms with Gasteiger partial charge in [0.2, 0.25) is 0 Å². The van der Waals surface area contributed by atoms with Crippen LogP contribution in [0.4, 0.5) is 4.79 Å². The molecule has 22 heavy (non-hydrogen) atoms. The zero-order valence-corrected chi connectivity index (χ0v) is 12.8. The molecule has 3 rings (SSSR count). The molecule has 5 nitrogen and oxygen atoms in total. The minimum atomic E-state index is -0.335. The summed E-state index contributed by atoms with van der Waals surface area (Å²) < 4.78 is 5.42. The van der Waals surface area contributed by atoms with E-state index in [4.69, 9.17) is 4.74 Å². The van der Waals surface area contributed by atoms with Crippen molar-refractivity contribution in [1.29, 1.82) is 0 Å². The second kappa shape index (κ2) is 6.67. The first-order valence-electron chi connectivity index (χ1n) is 8.04. The Morgan fingerprint density at radius 3 is 2.95 bits per heavy atom. The van der Waals surface area contributed by atoms with Gasteiger partial charge in [-0.25, -0.2) is 4.79 Å². The Morgan fingerprint density at radius 2 is 2.23 bits per heavy atom. The third-order valence-electron chi connectivity index (χ3n) is 4.85. The molecule has 2 aliphatic heterocycles. The second-order valence-electron chi connectivity index (χ2n) is 6.41. The molecule has 0 aromatic heterocycles.